The van der Waals surface area contributed by atoms with E-state index in [0.29, 0.717) is 16.9 Å². The molecule has 0 aliphatic carbocycles. The summed E-state index contributed by atoms with van der Waals surface area (Å²) in [5, 5.41) is 0. The number of carbonyl (C=O) groups is 2. The zero-order valence-electron chi connectivity index (χ0n) is 13.1. The number of nitrogens with one attached hydrogen (secondary N) is 1. The lowest BCUT2D eigenvalue weighted by Crippen LogP contribution is -2.24. The Morgan fingerprint density at radius 3 is 2.59 bits per heavy atom. The first-order valence-corrected chi connectivity index (χ1v) is 6.89. The fourth-order valence-corrected chi connectivity index (χ4v) is 1.86. The Labute approximate surface area is 128 Å². The number of ether oxygens (including phenoxy) is 2. The highest BCUT2D eigenvalue weighted by Gasteiger charge is 2.24. The van der Waals surface area contributed by atoms with Gasteiger partial charge in [0.1, 0.15) is 23.7 Å². The maximum absolute atomic E-state index is 12.1. The second-order valence-corrected chi connectivity index (χ2v) is 5.86. The summed E-state index contributed by atoms with van der Waals surface area (Å²) in [5.74, 6) is -0.486. The number of aromatic amines is 1. The molecule has 0 bridgehead atoms. The molecule has 0 saturated heterocycles. The highest BCUT2D eigenvalue weighted by molar-refractivity contribution is 5.97. The van der Waals surface area contributed by atoms with Gasteiger partial charge in [-0.25, -0.2) is 9.59 Å². The van der Waals surface area contributed by atoms with E-state index >= 15 is 0 Å². The Morgan fingerprint density at radius 2 is 2.00 bits per heavy atom. The fraction of sp³-hybridized carbons (Fsp3) is 0.375. The van der Waals surface area contributed by atoms with Crippen molar-refractivity contribution in [2.45, 2.75) is 39.9 Å². The third-order valence-corrected chi connectivity index (χ3v) is 2.89. The van der Waals surface area contributed by atoms with Gasteiger partial charge in [-0.3, -0.25) is 0 Å². The van der Waals surface area contributed by atoms with Crippen molar-refractivity contribution in [3.63, 3.8) is 0 Å². The lowest BCUT2D eigenvalue weighted by atomic mass is 10.1. The molecule has 0 aliphatic heterocycles. The van der Waals surface area contributed by atoms with Crippen LogP contribution in [0.3, 0.4) is 0 Å². The topological polar surface area (TPSA) is 81.5 Å². The number of esters is 2. The van der Waals surface area contributed by atoms with Crippen LogP contribution in [-0.2, 0) is 16.1 Å². The molecule has 6 nitrogen and oxygen atoms in total. The molecule has 2 aromatic rings. The predicted octanol–water partition coefficient (Wildman–Crippen LogP) is 3.23. The van der Waals surface area contributed by atoms with Crippen LogP contribution in [0.1, 0.15) is 52.9 Å². The zero-order chi connectivity index (χ0) is 16.3. The molecule has 22 heavy (non-hydrogen) atoms. The van der Waals surface area contributed by atoms with Gasteiger partial charge in [-0.2, -0.15) is 0 Å². The molecular formula is C16H19NO5. The number of rotatable bonds is 4. The summed E-state index contributed by atoms with van der Waals surface area (Å²) in [6.45, 7) is 7.05. The van der Waals surface area contributed by atoms with E-state index in [1.54, 1.807) is 39.8 Å². The van der Waals surface area contributed by atoms with E-state index in [0.717, 1.165) is 0 Å². The van der Waals surface area contributed by atoms with Gasteiger partial charge in [0, 0.05) is 6.20 Å². The molecule has 0 atom stereocenters. The molecule has 0 spiro atoms. The predicted molar refractivity (Wildman–Crippen MR) is 78.5 cm³/mol. The first kappa shape index (κ1) is 15.9. The maximum Gasteiger partial charge on any atom is 0.355 e. The van der Waals surface area contributed by atoms with Gasteiger partial charge in [0.15, 0.2) is 0 Å². The van der Waals surface area contributed by atoms with Gasteiger partial charge in [-0.05, 0) is 45.4 Å². The number of hydrogen-bond acceptors (Lipinski definition) is 5. The van der Waals surface area contributed by atoms with Gasteiger partial charge < -0.3 is 18.9 Å². The standard InChI is InChI=1S/C16H19NO5/c1-10-12(14(18)22-16(2,3)4)8-17-13(10)15(19)21-9-11-6-5-7-20-11/h5-8,17H,9H2,1-4H3. The monoisotopic (exact) mass is 305 g/mol. The summed E-state index contributed by atoms with van der Waals surface area (Å²) < 4.78 is 15.5. The van der Waals surface area contributed by atoms with Crippen LogP contribution < -0.4 is 0 Å². The molecule has 2 aromatic heterocycles. The minimum absolute atomic E-state index is 0.0338. The summed E-state index contributed by atoms with van der Waals surface area (Å²) in [5.41, 5.74) is 0.451. The van der Waals surface area contributed by atoms with Crippen LogP contribution in [0.5, 0.6) is 0 Å². The van der Waals surface area contributed by atoms with Gasteiger partial charge >= 0.3 is 11.9 Å². The van der Waals surface area contributed by atoms with Gasteiger partial charge in [-0.1, -0.05) is 0 Å². The van der Waals surface area contributed by atoms with Gasteiger partial charge in [0.25, 0.3) is 0 Å². The average Bonchev–Trinajstić information content (AvgIpc) is 3.03. The molecule has 0 aliphatic rings. The van der Waals surface area contributed by atoms with Crippen molar-refractivity contribution in [2.24, 2.45) is 0 Å². The number of furan rings is 1. The first-order valence-electron chi connectivity index (χ1n) is 6.89. The van der Waals surface area contributed by atoms with Crippen LogP contribution in [0.4, 0.5) is 0 Å². The molecule has 0 fully saturated rings. The van der Waals surface area contributed by atoms with E-state index in [4.69, 9.17) is 13.9 Å². The van der Waals surface area contributed by atoms with Gasteiger partial charge in [0.05, 0.1) is 11.8 Å². The van der Waals surface area contributed by atoms with E-state index in [1.807, 2.05) is 0 Å². The summed E-state index contributed by atoms with van der Waals surface area (Å²) in [7, 11) is 0. The maximum atomic E-state index is 12.1. The van der Waals surface area contributed by atoms with E-state index in [1.165, 1.54) is 12.5 Å². The van der Waals surface area contributed by atoms with Crippen molar-refractivity contribution >= 4 is 11.9 Å². The normalized spacial score (nSPS) is 11.3. The van der Waals surface area contributed by atoms with E-state index in [2.05, 4.69) is 4.98 Å². The smallest absolute Gasteiger partial charge is 0.355 e. The molecule has 0 saturated carbocycles. The highest BCUT2D eigenvalue weighted by atomic mass is 16.6. The third-order valence-electron chi connectivity index (χ3n) is 2.89. The minimum atomic E-state index is -0.596. The summed E-state index contributed by atoms with van der Waals surface area (Å²) >= 11 is 0. The Morgan fingerprint density at radius 1 is 1.27 bits per heavy atom. The van der Waals surface area contributed by atoms with Crippen molar-refractivity contribution in [3.8, 4) is 0 Å². The largest absolute Gasteiger partial charge is 0.466 e. The molecule has 0 radical (unpaired) electrons. The number of carbonyl (C=O) groups excluding carboxylic acids is 2. The lowest BCUT2D eigenvalue weighted by Gasteiger charge is -2.19. The molecule has 118 valence electrons. The SMILES string of the molecule is Cc1c(C(=O)OC(C)(C)C)c[nH]c1C(=O)OCc1ccco1. The number of H-pyrrole nitrogens is 1. The molecule has 1 N–H and O–H groups in total. The zero-order valence-corrected chi connectivity index (χ0v) is 13.1. The lowest BCUT2D eigenvalue weighted by molar-refractivity contribution is 0.00690. The van der Waals surface area contributed by atoms with Gasteiger partial charge in [0.2, 0.25) is 0 Å². The van der Waals surface area contributed by atoms with E-state index in [9.17, 15) is 9.59 Å². The second-order valence-electron chi connectivity index (χ2n) is 5.86. The van der Waals surface area contributed by atoms with Gasteiger partial charge in [-0.15, -0.1) is 0 Å². The molecule has 0 aromatic carbocycles. The Bertz CT molecular complexity index is 661. The van der Waals surface area contributed by atoms with Crippen molar-refractivity contribution < 1.29 is 23.5 Å². The quantitative estimate of drug-likeness (QED) is 0.877. The van der Waals surface area contributed by atoms with Crippen LogP contribution in [0.2, 0.25) is 0 Å². The van der Waals surface area contributed by atoms with Crippen LogP contribution >= 0.6 is 0 Å². The van der Waals surface area contributed by atoms with Crippen LogP contribution in [0.15, 0.2) is 29.0 Å². The van der Waals surface area contributed by atoms with Crippen LogP contribution in [0.25, 0.3) is 0 Å². The molecular weight excluding hydrogens is 286 g/mol. The molecule has 0 unspecified atom stereocenters. The summed E-state index contributed by atoms with van der Waals surface area (Å²) in [6.07, 6.45) is 2.95. The number of aromatic nitrogens is 1. The third kappa shape index (κ3) is 3.78. The van der Waals surface area contributed by atoms with Crippen molar-refractivity contribution in [1.29, 1.82) is 0 Å². The van der Waals surface area contributed by atoms with Crippen molar-refractivity contribution in [3.05, 3.63) is 47.2 Å². The van der Waals surface area contributed by atoms with Crippen molar-refractivity contribution in [2.75, 3.05) is 0 Å². The fourth-order valence-electron chi connectivity index (χ4n) is 1.86. The second kappa shape index (κ2) is 6.09. The molecule has 2 heterocycles. The Balaban J connectivity index is 2.06. The van der Waals surface area contributed by atoms with Crippen LogP contribution in [-0.4, -0.2) is 22.5 Å². The average molecular weight is 305 g/mol. The Kier molecular flexibility index (Phi) is 4.40. The molecule has 2 rings (SSSR count). The number of hydrogen-bond donors (Lipinski definition) is 1. The van der Waals surface area contributed by atoms with Crippen LogP contribution in [0, 0.1) is 6.92 Å². The summed E-state index contributed by atoms with van der Waals surface area (Å²) in [6, 6.07) is 3.42. The highest BCUT2D eigenvalue weighted by Crippen LogP contribution is 2.19. The minimum Gasteiger partial charge on any atom is -0.466 e. The van der Waals surface area contributed by atoms with E-state index < -0.39 is 17.5 Å². The van der Waals surface area contributed by atoms with Crippen molar-refractivity contribution in [1.82, 2.24) is 4.98 Å². The molecule has 0 amide bonds. The first-order chi connectivity index (χ1) is 10.3. The summed E-state index contributed by atoms with van der Waals surface area (Å²) in [4.78, 5) is 26.9. The van der Waals surface area contributed by atoms with E-state index in [-0.39, 0.29) is 12.3 Å². The molecule has 6 heteroatoms. The Hall–Kier alpha value is -2.50.